The smallest absolute Gasteiger partial charge is 0.416 e. The van der Waals surface area contributed by atoms with Gasteiger partial charge in [0, 0.05) is 23.2 Å². The number of fused-ring (bicyclic) bond motifs is 3. The lowest BCUT2D eigenvalue weighted by Crippen LogP contribution is -2.33. The van der Waals surface area contributed by atoms with E-state index in [0.29, 0.717) is 35.0 Å². The number of alkyl halides is 3. The van der Waals surface area contributed by atoms with E-state index in [9.17, 15) is 18.3 Å². The molecule has 1 saturated carbocycles. The summed E-state index contributed by atoms with van der Waals surface area (Å²) in [5.74, 6) is 0.750. The highest BCUT2D eigenvalue weighted by atomic mass is 19.4. The quantitative estimate of drug-likeness (QED) is 0.766. The Morgan fingerprint density at radius 2 is 2.10 bits per heavy atom. The first-order valence-electron chi connectivity index (χ1n) is 9.73. The minimum atomic E-state index is -4.51. The summed E-state index contributed by atoms with van der Waals surface area (Å²) >= 11 is 0. The molecule has 0 spiro atoms. The molecule has 1 aromatic carbocycles. The van der Waals surface area contributed by atoms with Gasteiger partial charge in [-0.2, -0.15) is 18.3 Å². The molecule has 2 fully saturated rings. The van der Waals surface area contributed by atoms with Gasteiger partial charge < -0.3 is 15.2 Å². The van der Waals surface area contributed by atoms with Gasteiger partial charge in [-0.25, -0.2) is 0 Å². The van der Waals surface area contributed by atoms with Crippen LogP contribution in [0.3, 0.4) is 0 Å². The fourth-order valence-corrected chi connectivity index (χ4v) is 5.04. The first-order valence-corrected chi connectivity index (χ1v) is 9.73. The van der Waals surface area contributed by atoms with Gasteiger partial charge >= 0.3 is 6.18 Å². The van der Waals surface area contributed by atoms with Crippen LogP contribution in [0.15, 0.2) is 24.4 Å². The molecule has 1 unspecified atom stereocenters. The van der Waals surface area contributed by atoms with Gasteiger partial charge in [0.15, 0.2) is 5.82 Å². The second-order valence-electron chi connectivity index (χ2n) is 8.51. The summed E-state index contributed by atoms with van der Waals surface area (Å²) in [7, 11) is 0. The third-order valence-electron chi connectivity index (χ3n) is 6.40. The molecule has 1 aromatic heterocycles. The number of aromatic nitrogens is 2. The zero-order valence-corrected chi connectivity index (χ0v) is 16.1. The van der Waals surface area contributed by atoms with Gasteiger partial charge in [0.05, 0.1) is 29.9 Å². The van der Waals surface area contributed by atoms with Crippen molar-refractivity contribution in [1.29, 1.82) is 0 Å². The number of phenols is 1. The van der Waals surface area contributed by atoms with Crippen LogP contribution in [0.25, 0.3) is 6.08 Å². The lowest BCUT2D eigenvalue weighted by Gasteiger charge is -2.33. The van der Waals surface area contributed by atoms with Crippen LogP contribution in [0.1, 0.15) is 48.1 Å². The minimum Gasteiger partial charge on any atom is -0.508 e. The van der Waals surface area contributed by atoms with Crippen molar-refractivity contribution in [2.24, 2.45) is 5.92 Å². The van der Waals surface area contributed by atoms with Gasteiger partial charge in [0.1, 0.15) is 5.75 Å². The number of hydrogen-bond donors (Lipinski definition) is 2. The molecule has 2 N–H and O–H groups in total. The molecule has 2 aromatic rings. The molecule has 1 aliphatic carbocycles. The first-order chi connectivity index (χ1) is 13.6. The van der Waals surface area contributed by atoms with Crippen molar-refractivity contribution in [1.82, 2.24) is 9.78 Å². The first kappa shape index (κ1) is 18.5. The van der Waals surface area contributed by atoms with E-state index < -0.39 is 17.3 Å². The zero-order valence-electron chi connectivity index (χ0n) is 16.1. The van der Waals surface area contributed by atoms with Gasteiger partial charge in [-0.15, -0.1) is 0 Å². The number of ether oxygens (including phenoxy) is 1. The van der Waals surface area contributed by atoms with E-state index in [1.807, 2.05) is 30.0 Å². The van der Waals surface area contributed by atoms with Crippen molar-refractivity contribution in [3.63, 3.8) is 0 Å². The second kappa shape index (κ2) is 6.01. The van der Waals surface area contributed by atoms with E-state index in [2.05, 4.69) is 5.32 Å². The topological polar surface area (TPSA) is 59.3 Å². The maximum atomic E-state index is 13.1. The number of aromatic hydroxyl groups is 1. The number of nitrogens with one attached hydrogen (secondary N) is 1. The Bertz CT molecular complexity index is 990. The molecule has 3 aliphatic rings. The van der Waals surface area contributed by atoms with Crippen molar-refractivity contribution in [3.8, 4) is 5.75 Å². The molecule has 4 atom stereocenters. The summed E-state index contributed by atoms with van der Waals surface area (Å²) in [5.41, 5.74) is -0.0267. The molecule has 2 aliphatic heterocycles. The minimum absolute atomic E-state index is 0.307. The molecular formula is C21H22F3N3O2. The normalized spacial score (nSPS) is 30.4. The highest BCUT2D eigenvalue weighted by Gasteiger charge is 2.43. The second-order valence-corrected chi connectivity index (χ2v) is 8.51. The number of nitrogens with zero attached hydrogens (tertiary/aromatic N) is 2. The Morgan fingerprint density at radius 3 is 2.72 bits per heavy atom. The van der Waals surface area contributed by atoms with Gasteiger partial charge in [0.2, 0.25) is 0 Å². The van der Waals surface area contributed by atoms with Crippen LogP contribution in [0.5, 0.6) is 5.75 Å². The molecule has 3 heterocycles. The number of rotatable bonds is 2. The fraction of sp³-hybridized carbons (Fsp3) is 0.476. The zero-order chi connectivity index (χ0) is 20.6. The number of phenolic OH excluding ortho intramolecular Hbond substituents is 1. The largest absolute Gasteiger partial charge is 0.508 e. The summed E-state index contributed by atoms with van der Waals surface area (Å²) in [4.78, 5) is 0. The van der Waals surface area contributed by atoms with Crippen LogP contribution in [0.4, 0.5) is 19.0 Å². The summed E-state index contributed by atoms with van der Waals surface area (Å²) in [6.07, 6.45) is 3.60. The Hall–Kier alpha value is -2.48. The summed E-state index contributed by atoms with van der Waals surface area (Å²) in [5, 5.41) is 18.5. The molecule has 1 saturated heterocycles. The van der Waals surface area contributed by atoms with E-state index in [-0.39, 0.29) is 5.75 Å². The van der Waals surface area contributed by atoms with E-state index in [1.54, 1.807) is 6.92 Å². The molecule has 29 heavy (non-hydrogen) atoms. The number of aryl methyl sites for hydroxylation is 1. The van der Waals surface area contributed by atoms with Crippen LogP contribution in [0.2, 0.25) is 0 Å². The lowest BCUT2D eigenvalue weighted by atomic mass is 9.84. The lowest BCUT2D eigenvalue weighted by molar-refractivity contribution is -0.137. The van der Waals surface area contributed by atoms with Gasteiger partial charge in [0.25, 0.3) is 0 Å². The number of anilines is 1. The standard InChI is InChI=1S/C21H22F3N3O2/c1-11-5-14(21(22,23)24)7-17(28)18(11)20(2)4-3-12-9-27(26-19(12)25-20)16-8-15-6-13(16)10-29-15/h3-5,7,9,13,15-16,28H,6,8,10H2,1-2H3,(H,25,26)/t13-,15-,16+,20?/m0/s1. The Labute approximate surface area is 166 Å². The molecule has 5 rings (SSSR count). The van der Waals surface area contributed by atoms with Crippen molar-refractivity contribution in [2.75, 3.05) is 11.9 Å². The van der Waals surface area contributed by atoms with Gasteiger partial charge in [-0.05, 0) is 44.4 Å². The number of halogens is 3. The van der Waals surface area contributed by atoms with Crippen LogP contribution in [0, 0.1) is 12.8 Å². The predicted octanol–water partition coefficient (Wildman–Crippen LogP) is 4.62. The van der Waals surface area contributed by atoms with E-state index in [1.165, 1.54) is 0 Å². The van der Waals surface area contributed by atoms with E-state index >= 15 is 0 Å². The molecule has 154 valence electrons. The van der Waals surface area contributed by atoms with Crippen LogP contribution in [-0.2, 0) is 16.5 Å². The third-order valence-corrected chi connectivity index (χ3v) is 6.40. The SMILES string of the molecule is Cc1cc(C(F)(F)F)cc(O)c1C1(C)C=Cc2cn([C@@H]3C[C@@H]4C[C@H]3CO4)nc2N1. The highest BCUT2D eigenvalue weighted by molar-refractivity contribution is 5.71. The van der Waals surface area contributed by atoms with Crippen molar-refractivity contribution in [2.45, 2.75) is 50.6 Å². The van der Waals surface area contributed by atoms with E-state index in [0.717, 1.165) is 37.1 Å². The predicted molar refractivity (Wildman–Crippen MR) is 102 cm³/mol. The molecule has 0 radical (unpaired) electrons. The monoisotopic (exact) mass is 405 g/mol. The molecule has 5 nitrogen and oxygen atoms in total. The third kappa shape index (κ3) is 2.92. The maximum absolute atomic E-state index is 13.1. The average molecular weight is 405 g/mol. The number of hydrogen-bond acceptors (Lipinski definition) is 4. The van der Waals surface area contributed by atoms with Crippen LogP contribution >= 0.6 is 0 Å². The number of benzene rings is 1. The molecule has 0 amide bonds. The van der Waals surface area contributed by atoms with Crippen LogP contribution < -0.4 is 5.32 Å². The average Bonchev–Trinajstić information content (AvgIpc) is 3.34. The Morgan fingerprint density at radius 1 is 1.31 bits per heavy atom. The van der Waals surface area contributed by atoms with Gasteiger partial charge in [-0.3, -0.25) is 4.68 Å². The van der Waals surface area contributed by atoms with Crippen LogP contribution in [-0.4, -0.2) is 27.6 Å². The van der Waals surface area contributed by atoms with Crippen molar-refractivity contribution in [3.05, 3.63) is 46.7 Å². The van der Waals surface area contributed by atoms with Crippen molar-refractivity contribution >= 4 is 11.9 Å². The highest BCUT2D eigenvalue weighted by Crippen LogP contribution is 2.45. The summed E-state index contributed by atoms with van der Waals surface area (Å²) in [6.45, 7) is 4.17. The molecule has 8 heteroatoms. The van der Waals surface area contributed by atoms with E-state index in [4.69, 9.17) is 9.84 Å². The Kier molecular flexibility index (Phi) is 3.84. The summed E-state index contributed by atoms with van der Waals surface area (Å²) in [6, 6.07) is 2.16. The Balaban J connectivity index is 1.47. The molecular weight excluding hydrogens is 383 g/mol. The molecule has 2 bridgehead atoms. The van der Waals surface area contributed by atoms with Gasteiger partial charge in [-0.1, -0.05) is 12.2 Å². The summed E-state index contributed by atoms with van der Waals surface area (Å²) < 4.78 is 46.9. The fourth-order valence-electron chi connectivity index (χ4n) is 5.04. The van der Waals surface area contributed by atoms with Crippen molar-refractivity contribution < 1.29 is 23.0 Å². The maximum Gasteiger partial charge on any atom is 0.416 e.